The van der Waals surface area contributed by atoms with Gasteiger partial charge in [0, 0.05) is 11.0 Å². The molecule has 0 unspecified atom stereocenters. The second-order valence-corrected chi connectivity index (χ2v) is 5.50. The Kier molecular flexibility index (Phi) is 4.10. The molecule has 0 spiro atoms. The minimum Gasteiger partial charge on any atom is -0.326 e. The summed E-state index contributed by atoms with van der Waals surface area (Å²) in [6.45, 7) is 5.14. The van der Waals surface area contributed by atoms with Crippen LogP contribution in [0.5, 0.6) is 0 Å². The molecule has 18 heavy (non-hydrogen) atoms. The first-order chi connectivity index (χ1) is 8.52. The predicted octanol–water partition coefficient (Wildman–Crippen LogP) is 3.42. The monoisotopic (exact) mass is 327 g/mol. The van der Waals surface area contributed by atoms with E-state index in [1.807, 2.05) is 30.7 Å². The van der Waals surface area contributed by atoms with Gasteiger partial charge in [-0.2, -0.15) is 5.10 Å². The fourth-order valence-electron chi connectivity index (χ4n) is 1.84. The lowest BCUT2D eigenvalue weighted by atomic mass is 10.1. The Morgan fingerprint density at radius 2 is 2.11 bits per heavy atom. The topological polar surface area (TPSA) is 43.8 Å². The van der Waals surface area contributed by atoms with E-state index in [0.717, 1.165) is 32.0 Å². The molecule has 0 saturated carbocycles. The molecule has 0 aliphatic rings. The van der Waals surface area contributed by atoms with Gasteiger partial charge in [0.25, 0.3) is 0 Å². The van der Waals surface area contributed by atoms with Gasteiger partial charge in [-0.05, 0) is 31.0 Å². The van der Waals surface area contributed by atoms with Crippen molar-refractivity contribution in [3.63, 3.8) is 0 Å². The van der Waals surface area contributed by atoms with E-state index in [1.165, 1.54) is 0 Å². The zero-order chi connectivity index (χ0) is 13.3. The molecule has 5 heteroatoms. The van der Waals surface area contributed by atoms with Crippen molar-refractivity contribution >= 4 is 27.5 Å². The molecule has 0 amide bonds. The molecule has 1 aromatic heterocycles. The van der Waals surface area contributed by atoms with Crippen LogP contribution in [0.3, 0.4) is 0 Å². The van der Waals surface area contributed by atoms with Crippen molar-refractivity contribution in [3.8, 4) is 0 Å². The van der Waals surface area contributed by atoms with E-state index in [2.05, 4.69) is 27.1 Å². The Morgan fingerprint density at radius 1 is 1.39 bits per heavy atom. The quantitative estimate of drug-likeness (QED) is 0.938. The van der Waals surface area contributed by atoms with Crippen molar-refractivity contribution < 1.29 is 0 Å². The molecular formula is C13H15BrClN3. The predicted molar refractivity (Wildman–Crippen MR) is 77.8 cm³/mol. The maximum Gasteiger partial charge on any atom is 0.0844 e. The molecule has 0 atom stereocenters. The van der Waals surface area contributed by atoms with Gasteiger partial charge in [-0.3, -0.25) is 4.68 Å². The number of rotatable bonds is 3. The second-order valence-electron chi connectivity index (χ2n) is 4.27. The van der Waals surface area contributed by atoms with Crippen LogP contribution in [-0.2, 0) is 13.1 Å². The highest BCUT2D eigenvalue weighted by molar-refractivity contribution is 9.10. The third-order valence-corrected chi connectivity index (χ3v) is 4.25. The lowest BCUT2D eigenvalue weighted by Gasteiger charge is -2.08. The molecule has 2 N–H and O–H groups in total. The number of halogens is 2. The van der Waals surface area contributed by atoms with Crippen LogP contribution < -0.4 is 5.73 Å². The van der Waals surface area contributed by atoms with E-state index in [4.69, 9.17) is 17.3 Å². The summed E-state index contributed by atoms with van der Waals surface area (Å²) in [4.78, 5) is 0. The van der Waals surface area contributed by atoms with Gasteiger partial charge in [-0.1, -0.05) is 39.7 Å². The third-order valence-electron chi connectivity index (χ3n) is 2.97. The molecule has 0 radical (unpaired) electrons. The van der Waals surface area contributed by atoms with Gasteiger partial charge >= 0.3 is 0 Å². The number of aromatic nitrogens is 2. The summed E-state index contributed by atoms with van der Waals surface area (Å²) in [6.07, 6.45) is 0. The first-order valence-electron chi connectivity index (χ1n) is 5.69. The van der Waals surface area contributed by atoms with Gasteiger partial charge < -0.3 is 5.73 Å². The number of hydrogen-bond acceptors (Lipinski definition) is 2. The van der Waals surface area contributed by atoms with E-state index in [9.17, 15) is 0 Å². The summed E-state index contributed by atoms with van der Waals surface area (Å²) >= 11 is 9.71. The number of aryl methyl sites for hydroxylation is 1. The first-order valence-corrected chi connectivity index (χ1v) is 6.87. The Morgan fingerprint density at radius 3 is 2.61 bits per heavy atom. The van der Waals surface area contributed by atoms with Crippen molar-refractivity contribution in [3.05, 3.63) is 50.2 Å². The van der Waals surface area contributed by atoms with Crippen molar-refractivity contribution in [1.29, 1.82) is 0 Å². The van der Waals surface area contributed by atoms with Crippen LogP contribution in [-0.4, -0.2) is 9.78 Å². The molecule has 0 aliphatic carbocycles. The maximum atomic E-state index is 6.14. The summed E-state index contributed by atoms with van der Waals surface area (Å²) < 4.78 is 2.97. The van der Waals surface area contributed by atoms with Gasteiger partial charge in [-0.15, -0.1) is 0 Å². The fourth-order valence-corrected chi connectivity index (χ4v) is 2.52. The Bertz CT molecular complexity index is 578. The molecule has 1 aromatic carbocycles. The minimum atomic E-state index is 0.546. The SMILES string of the molecule is Cc1nn(Cc2ccc(CN)cc2Br)c(C)c1Cl. The summed E-state index contributed by atoms with van der Waals surface area (Å²) in [5.74, 6) is 0. The van der Waals surface area contributed by atoms with Crippen molar-refractivity contribution in [2.24, 2.45) is 5.73 Å². The van der Waals surface area contributed by atoms with Crippen molar-refractivity contribution in [2.75, 3.05) is 0 Å². The summed E-state index contributed by atoms with van der Waals surface area (Å²) in [5, 5.41) is 5.17. The second kappa shape index (κ2) is 5.43. The van der Waals surface area contributed by atoms with Crippen LogP contribution in [0.1, 0.15) is 22.5 Å². The molecule has 2 aromatic rings. The summed E-state index contributed by atoms with van der Waals surface area (Å²) in [7, 11) is 0. The van der Waals surface area contributed by atoms with Gasteiger partial charge in [0.05, 0.1) is 23.0 Å². The first kappa shape index (κ1) is 13.6. The molecule has 0 bridgehead atoms. The van der Waals surface area contributed by atoms with E-state index >= 15 is 0 Å². The van der Waals surface area contributed by atoms with Crippen molar-refractivity contribution in [1.82, 2.24) is 9.78 Å². The van der Waals surface area contributed by atoms with E-state index in [1.54, 1.807) is 0 Å². The maximum absolute atomic E-state index is 6.14. The third kappa shape index (κ3) is 2.60. The van der Waals surface area contributed by atoms with E-state index < -0.39 is 0 Å². The van der Waals surface area contributed by atoms with E-state index in [0.29, 0.717) is 13.1 Å². The van der Waals surface area contributed by atoms with Gasteiger partial charge in [0.1, 0.15) is 0 Å². The molecule has 3 nitrogen and oxygen atoms in total. The number of benzene rings is 1. The highest BCUT2D eigenvalue weighted by Gasteiger charge is 2.10. The molecule has 0 saturated heterocycles. The average Bonchev–Trinajstić information content (AvgIpc) is 2.59. The molecular weight excluding hydrogens is 314 g/mol. The van der Waals surface area contributed by atoms with Gasteiger partial charge in [-0.25, -0.2) is 0 Å². The Balaban J connectivity index is 2.31. The average molecular weight is 329 g/mol. The fraction of sp³-hybridized carbons (Fsp3) is 0.308. The van der Waals surface area contributed by atoms with Crippen LogP contribution in [0, 0.1) is 13.8 Å². The molecule has 1 heterocycles. The highest BCUT2D eigenvalue weighted by Crippen LogP contribution is 2.23. The van der Waals surface area contributed by atoms with Gasteiger partial charge in [0.15, 0.2) is 0 Å². The molecule has 0 fully saturated rings. The van der Waals surface area contributed by atoms with Crippen LogP contribution in [0.25, 0.3) is 0 Å². The lowest BCUT2D eigenvalue weighted by Crippen LogP contribution is -2.05. The Labute approximate surface area is 120 Å². The lowest BCUT2D eigenvalue weighted by molar-refractivity contribution is 0.657. The Hall–Kier alpha value is -0.840. The standard InChI is InChI=1S/C13H15BrClN3/c1-8-13(15)9(2)18(17-8)7-11-4-3-10(6-16)5-12(11)14/h3-5H,6-7,16H2,1-2H3. The van der Waals surface area contributed by atoms with Crippen LogP contribution in [0.15, 0.2) is 22.7 Å². The number of nitrogens with two attached hydrogens (primary N) is 1. The molecule has 0 aliphatic heterocycles. The molecule has 96 valence electrons. The number of hydrogen-bond donors (Lipinski definition) is 1. The highest BCUT2D eigenvalue weighted by atomic mass is 79.9. The zero-order valence-corrected chi connectivity index (χ0v) is 12.7. The molecule has 2 rings (SSSR count). The zero-order valence-electron chi connectivity index (χ0n) is 10.4. The number of nitrogens with zero attached hydrogens (tertiary/aromatic N) is 2. The summed E-state index contributed by atoms with van der Waals surface area (Å²) in [5.41, 5.74) is 9.74. The normalized spacial score (nSPS) is 10.9. The van der Waals surface area contributed by atoms with Crippen molar-refractivity contribution in [2.45, 2.75) is 26.9 Å². The van der Waals surface area contributed by atoms with Crippen LogP contribution in [0.2, 0.25) is 5.02 Å². The van der Waals surface area contributed by atoms with E-state index in [-0.39, 0.29) is 0 Å². The largest absolute Gasteiger partial charge is 0.326 e. The minimum absolute atomic E-state index is 0.546. The van der Waals surface area contributed by atoms with Gasteiger partial charge in [0.2, 0.25) is 0 Å². The smallest absolute Gasteiger partial charge is 0.0844 e. The van der Waals surface area contributed by atoms with Crippen LogP contribution >= 0.6 is 27.5 Å². The van der Waals surface area contributed by atoms with Crippen LogP contribution in [0.4, 0.5) is 0 Å². The summed E-state index contributed by atoms with van der Waals surface area (Å²) in [6, 6.07) is 6.15.